The Morgan fingerprint density at radius 3 is 2.56 bits per heavy atom. The van der Waals surface area contributed by atoms with Crippen LogP contribution in [0.25, 0.3) is 0 Å². The third-order valence-electron chi connectivity index (χ3n) is 6.81. The minimum Gasteiger partial charge on any atom is -0.378 e. The van der Waals surface area contributed by atoms with Gasteiger partial charge in [-0.3, -0.25) is 0 Å². The molecule has 0 unspecified atom stereocenters. The van der Waals surface area contributed by atoms with Gasteiger partial charge >= 0.3 is 6.18 Å². The minimum atomic E-state index is -4.46. The number of halogens is 3. The second kappa shape index (κ2) is 11.1. The number of sulfonamides is 1. The largest absolute Gasteiger partial charge is 0.416 e. The lowest BCUT2D eigenvalue weighted by Crippen LogP contribution is -2.43. The van der Waals surface area contributed by atoms with Crippen molar-refractivity contribution in [2.45, 2.75) is 63.6 Å². The molecule has 6 nitrogen and oxygen atoms in total. The minimum absolute atomic E-state index is 0.00324. The number of hydrogen-bond donors (Lipinski definition) is 3. The molecule has 0 radical (unpaired) electrons. The molecule has 1 fully saturated rings. The molecule has 0 aliphatic carbocycles. The zero-order chi connectivity index (χ0) is 25.9. The molecule has 4 rings (SSSR count). The first kappa shape index (κ1) is 26.9. The van der Waals surface area contributed by atoms with E-state index in [-0.39, 0.29) is 30.3 Å². The fraction of sp³-hybridized carbons (Fsp3) is 0.538. The van der Waals surface area contributed by atoms with E-state index in [1.807, 2.05) is 44.2 Å². The Labute approximate surface area is 211 Å². The van der Waals surface area contributed by atoms with Gasteiger partial charge in [-0.2, -0.15) is 13.2 Å². The Bertz CT molecular complexity index is 1130. The summed E-state index contributed by atoms with van der Waals surface area (Å²) in [6.07, 6.45) is -3.68. The molecule has 4 atom stereocenters. The zero-order valence-electron chi connectivity index (χ0n) is 20.5. The van der Waals surface area contributed by atoms with E-state index in [4.69, 9.17) is 4.74 Å². The van der Waals surface area contributed by atoms with Crippen LogP contribution in [0, 0.1) is 5.92 Å². The van der Waals surface area contributed by atoms with E-state index in [0.717, 1.165) is 17.7 Å². The zero-order valence-corrected chi connectivity index (χ0v) is 21.3. The molecule has 2 aliphatic rings. The molecule has 0 amide bonds. The summed E-state index contributed by atoms with van der Waals surface area (Å²) in [5, 5.41) is 6.63. The maximum Gasteiger partial charge on any atom is 0.416 e. The Hall–Kier alpha value is -2.14. The molecule has 10 heteroatoms. The number of fused-ring (bicyclic) bond motifs is 3. The second-order valence-electron chi connectivity index (χ2n) is 9.88. The molecule has 198 valence electrons. The quantitative estimate of drug-likeness (QED) is 0.401. The highest BCUT2D eigenvalue weighted by Gasteiger charge is 2.43. The maximum absolute atomic E-state index is 13.5. The predicted molar refractivity (Wildman–Crippen MR) is 134 cm³/mol. The normalized spacial score (nSPS) is 24.2. The number of anilines is 1. The molecular formula is C26H34F3N3O3S. The van der Waals surface area contributed by atoms with Crippen LogP contribution in [0.3, 0.4) is 0 Å². The van der Waals surface area contributed by atoms with Crippen molar-refractivity contribution in [1.82, 2.24) is 10.0 Å². The van der Waals surface area contributed by atoms with Gasteiger partial charge in [0, 0.05) is 29.8 Å². The van der Waals surface area contributed by atoms with Crippen molar-refractivity contribution in [3.63, 3.8) is 0 Å². The van der Waals surface area contributed by atoms with Gasteiger partial charge < -0.3 is 15.4 Å². The van der Waals surface area contributed by atoms with Crippen LogP contribution in [-0.2, 0) is 20.9 Å². The average Bonchev–Trinajstić information content (AvgIpc) is 2.84. The number of rotatable bonds is 9. The Balaban J connectivity index is 1.50. The first-order chi connectivity index (χ1) is 17.0. The van der Waals surface area contributed by atoms with Crippen LogP contribution >= 0.6 is 0 Å². The Kier molecular flexibility index (Phi) is 8.28. The average molecular weight is 526 g/mol. The van der Waals surface area contributed by atoms with E-state index in [9.17, 15) is 21.6 Å². The summed E-state index contributed by atoms with van der Waals surface area (Å²) in [5.74, 6) is -0.0816. The van der Waals surface area contributed by atoms with Gasteiger partial charge in [0.25, 0.3) is 0 Å². The molecule has 1 saturated heterocycles. The Morgan fingerprint density at radius 1 is 1.11 bits per heavy atom. The molecular weight excluding hydrogens is 491 g/mol. The third-order valence-corrected chi connectivity index (χ3v) is 8.24. The molecule has 2 aliphatic heterocycles. The van der Waals surface area contributed by atoms with Gasteiger partial charge in [0.15, 0.2) is 0 Å². The number of ether oxygens (including phenoxy) is 1. The smallest absolute Gasteiger partial charge is 0.378 e. The van der Waals surface area contributed by atoms with Gasteiger partial charge in [0.05, 0.1) is 29.6 Å². The Morgan fingerprint density at radius 2 is 1.86 bits per heavy atom. The molecule has 36 heavy (non-hydrogen) atoms. The van der Waals surface area contributed by atoms with Gasteiger partial charge in [0.2, 0.25) is 10.0 Å². The van der Waals surface area contributed by atoms with Crippen LogP contribution < -0.4 is 15.4 Å². The van der Waals surface area contributed by atoms with Crippen LogP contribution in [0.5, 0.6) is 0 Å². The van der Waals surface area contributed by atoms with Gasteiger partial charge in [-0.05, 0) is 49.6 Å². The second-order valence-corrected chi connectivity index (χ2v) is 11.8. The molecule has 2 aromatic carbocycles. The van der Waals surface area contributed by atoms with Crippen molar-refractivity contribution in [3.05, 3.63) is 65.2 Å². The van der Waals surface area contributed by atoms with Gasteiger partial charge in [-0.25, -0.2) is 13.1 Å². The molecule has 2 aromatic rings. The summed E-state index contributed by atoms with van der Waals surface area (Å²) >= 11 is 0. The van der Waals surface area contributed by atoms with Crippen LogP contribution in [0.4, 0.5) is 18.9 Å². The monoisotopic (exact) mass is 525 g/mol. The predicted octanol–water partition coefficient (Wildman–Crippen LogP) is 5.02. The van der Waals surface area contributed by atoms with Gasteiger partial charge in [0.1, 0.15) is 0 Å². The van der Waals surface area contributed by atoms with Crippen molar-refractivity contribution in [3.8, 4) is 0 Å². The first-order valence-corrected chi connectivity index (χ1v) is 14.1. The maximum atomic E-state index is 13.5. The summed E-state index contributed by atoms with van der Waals surface area (Å²) < 4.78 is 74.3. The fourth-order valence-corrected chi connectivity index (χ4v) is 6.13. The van der Waals surface area contributed by atoms with Crippen LogP contribution in [0.2, 0.25) is 0 Å². The topological polar surface area (TPSA) is 79.5 Å². The van der Waals surface area contributed by atoms with E-state index < -0.39 is 34.0 Å². The lowest BCUT2D eigenvalue weighted by Gasteiger charge is -2.46. The van der Waals surface area contributed by atoms with E-state index in [2.05, 4.69) is 15.4 Å². The number of nitrogens with one attached hydrogen (secondary N) is 3. The van der Waals surface area contributed by atoms with Crippen molar-refractivity contribution in [2.24, 2.45) is 5.92 Å². The van der Waals surface area contributed by atoms with Gasteiger partial charge in [-0.1, -0.05) is 44.2 Å². The SMILES string of the molecule is CC(C)NCCCS(=O)(=O)NC[C@H]1CC[C@@H]2[C@H](O1)c1cc(C(F)(F)F)ccc1N[C@H]2c1ccccc1. The highest BCUT2D eigenvalue weighted by Crippen LogP contribution is 2.51. The molecule has 3 N–H and O–H groups in total. The van der Waals surface area contributed by atoms with Crippen molar-refractivity contribution in [2.75, 3.05) is 24.2 Å². The summed E-state index contributed by atoms with van der Waals surface area (Å²) in [6, 6.07) is 13.7. The van der Waals surface area contributed by atoms with E-state index in [1.165, 1.54) is 6.07 Å². The van der Waals surface area contributed by atoms with Crippen molar-refractivity contribution < 1.29 is 26.3 Å². The lowest BCUT2D eigenvalue weighted by atomic mass is 9.76. The standard InChI is InChI=1S/C26H34F3N3O3S/c1-17(2)30-13-6-14-36(33,34)31-16-20-10-11-21-24(18-7-4-3-5-8-18)32-23-12-9-19(26(27,28)29)15-22(23)25(21)35-20/h3-5,7-9,12,15,17,20-21,24-25,30-32H,6,10-11,13-14,16H2,1-2H3/t20-,21+,24+,25+/m1/s1. The van der Waals surface area contributed by atoms with E-state index >= 15 is 0 Å². The first-order valence-electron chi connectivity index (χ1n) is 12.4. The molecule has 0 aromatic heterocycles. The summed E-state index contributed by atoms with van der Waals surface area (Å²) in [7, 11) is -3.48. The third kappa shape index (κ3) is 6.59. The van der Waals surface area contributed by atoms with Crippen molar-refractivity contribution in [1.29, 1.82) is 0 Å². The number of benzene rings is 2. The van der Waals surface area contributed by atoms with Gasteiger partial charge in [-0.15, -0.1) is 0 Å². The number of alkyl halides is 3. The van der Waals surface area contributed by atoms with E-state index in [0.29, 0.717) is 37.1 Å². The van der Waals surface area contributed by atoms with Crippen LogP contribution in [0.1, 0.15) is 61.9 Å². The highest BCUT2D eigenvalue weighted by molar-refractivity contribution is 7.89. The summed E-state index contributed by atoms with van der Waals surface area (Å²) in [6.45, 7) is 4.70. The highest BCUT2D eigenvalue weighted by atomic mass is 32.2. The summed E-state index contributed by atoms with van der Waals surface area (Å²) in [4.78, 5) is 0. The summed E-state index contributed by atoms with van der Waals surface area (Å²) in [5.41, 5.74) is 1.39. The molecule has 0 spiro atoms. The van der Waals surface area contributed by atoms with Crippen LogP contribution in [-0.4, -0.2) is 39.4 Å². The van der Waals surface area contributed by atoms with Crippen LogP contribution in [0.15, 0.2) is 48.5 Å². The molecule has 2 heterocycles. The van der Waals surface area contributed by atoms with E-state index in [1.54, 1.807) is 0 Å². The molecule has 0 bridgehead atoms. The fourth-order valence-electron chi connectivity index (χ4n) is 5.02. The molecule has 0 saturated carbocycles. The van der Waals surface area contributed by atoms with Crippen molar-refractivity contribution >= 4 is 15.7 Å². The number of hydrogen-bond acceptors (Lipinski definition) is 5. The lowest BCUT2D eigenvalue weighted by molar-refractivity contribution is -0.138.